The summed E-state index contributed by atoms with van der Waals surface area (Å²) in [7, 11) is 0. The molecular formula is C39H51N3O4. The van der Waals surface area contributed by atoms with Crippen LogP contribution in [0.4, 0.5) is 0 Å². The number of aliphatic hydroxyl groups is 1. The third kappa shape index (κ3) is 7.56. The number of aliphatic hydroxyl groups excluding tert-OH is 1. The minimum atomic E-state index is -0.547. The van der Waals surface area contributed by atoms with Crippen molar-refractivity contribution in [2.24, 2.45) is 11.7 Å². The highest BCUT2D eigenvalue weighted by atomic mass is 16.7. The first kappa shape index (κ1) is 32.9. The van der Waals surface area contributed by atoms with Crippen molar-refractivity contribution in [1.29, 1.82) is 0 Å². The summed E-state index contributed by atoms with van der Waals surface area (Å²) in [6.07, 6.45) is 6.70. The number of nitrogens with zero attached hydrogens (tertiary/aromatic N) is 1. The van der Waals surface area contributed by atoms with Crippen molar-refractivity contribution in [1.82, 2.24) is 10.2 Å². The third-order valence-corrected chi connectivity index (χ3v) is 10.1. The molecule has 2 heterocycles. The zero-order valence-corrected chi connectivity index (χ0v) is 27.7. The van der Waals surface area contributed by atoms with Gasteiger partial charge in [0.2, 0.25) is 5.91 Å². The first-order valence-electron chi connectivity index (χ1n) is 17.2. The smallest absolute Gasteiger partial charge is 0.237 e. The Kier molecular flexibility index (Phi) is 10.3. The molecule has 2 aliphatic heterocycles. The molecule has 6 atom stereocenters. The van der Waals surface area contributed by atoms with Crippen molar-refractivity contribution in [2.75, 3.05) is 6.54 Å². The van der Waals surface area contributed by atoms with E-state index < -0.39 is 6.29 Å². The fourth-order valence-corrected chi connectivity index (χ4v) is 7.80. The van der Waals surface area contributed by atoms with Crippen molar-refractivity contribution >= 4 is 5.91 Å². The van der Waals surface area contributed by atoms with Gasteiger partial charge in [-0.3, -0.25) is 9.69 Å². The highest BCUT2D eigenvalue weighted by Crippen LogP contribution is 2.42. The number of benzene rings is 3. The molecule has 246 valence electrons. The zero-order valence-electron chi connectivity index (χ0n) is 27.7. The molecule has 3 fully saturated rings. The number of rotatable bonds is 8. The van der Waals surface area contributed by atoms with Crippen LogP contribution in [0.2, 0.25) is 0 Å². The summed E-state index contributed by atoms with van der Waals surface area (Å²) in [5, 5.41) is 12.9. The Morgan fingerprint density at radius 3 is 2.35 bits per heavy atom. The number of likely N-dealkylation sites (tertiary alicyclic amines) is 1. The average Bonchev–Trinajstić information content (AvgIpc) is 3.07. The monoisotopic (exact) mass is 625 g/mol. The van der Waals surface area contributed by atoms with Gasteiger partial charge in [-0.05, 0) is 80.2 Å². The molecular weight excluding hydrogens is 574 g/mol. The molecule has 0 aromatic heterocycles. The Hall–Kier alpha value is -3.07. The van der Waals surface area contributed by atoms with Crippen LogP contribution in [0.3, 0.4) is 0 Å². The molecule has 7 nitrogen and oxygen atoms in total. The normalized spacial score (nSPS) is 27.2. The lowest BCUT2D eigenvalue weighted by molar-refractivity contribution is -0.255. The van der Waals surface area contributed by atoms with Gasteiger partial charge in [-0.2, -0.15) is 0 Å². The topological polar surface area (TPSA) is 97.1 Å². The molecule has 46 heavy (non-hydrogen) atoms. The maximum absolute atomic E-state index is 13.7. The number of carbonyl (C=O) groups is 1. The van der Waals surface area contributed by atoms with E-state index in [0.29, 0.717) is 31.5 Å². The average molecular weight is 626 g/mol. The van der Waals surface area contributed by atoms with Crippen LogP contribution >= 0.6 is 0 Å². The predicted molar refractivity (Wildman–Crippen MR) is 182 cm³/mol. The molecule has 1 amide bonds. The number of fused-ring (bicyclic) bond motifs is 1. The molecule has 3 aromatic carbocycles. The minimum Gasteiger partial charge on any atom is -0.392 e. The Labute approximate surface area is 274 Å². The molecule has 2 saturated heterocycles. The van der Waals surface area contributed by atoms with Crippen LogP contribution < -0.4 is 11.1 Å². The number of ether oxygens (including phenoxy) is 2. The molecule has 1 aliphatic carbocycles. The fourth-order valence-electron chi connectivity index (χ4n) is 7.80. The molecule has 0 unspecified atom stereocenters. The number of hydrogen-bond acceptors (Lipinski definition) is 6. The Morgan fingerprint density at radius 1 is 0.913 bits per heavy atom. The van der Waals surface area contributed by atoms with E-state index in [1.807, 2.05) is 24.3 Å². The largest absolute Gasteiger partial charge is 0.392 e. The van der Waals surface area contributed by atoms with Gasteiger partial charge in [0.15, 0.2) is 6.29 Å². The van der Waals surface area contributed by atoms with Gasteiger partial charge in [0, 0.05) is 36.7 Å². The predicted octanol–water partition coefficient (Wildman–Crippen LogP) is 6.79. The molecule has 7 heteroatoms. The molecule has 3 aliphatic rings. The van der Waals surface area contributed by atoms with Crippen molar-refractivity contribution < 1.29 is 19.4 Å². The summed E-state index contributed by atoms with van der Waals surface area (Å²) in [6, 6.07) is 24.9. The molecule has 0 radical (unpaired) electrons. The zero-order chi connectivity index (χ0) is 32.3. The van der Waals surface area contributed by atoms with Crippen molar-refractivity contribution in [3.05, 3.63) is 95.1 Å². The summed E-state index contributed by atoms with van der Waals surface area (Å²) in [6.45, 7) is 7.35. The second-order valence-electron chi connectivity index (χ2n) is 14.5. The van der Waals surface area contributed by atoms with Crippen LogP contribution in [0.5, 0.6) is 0 Å². The quantitative estimate of drug-likeness (QED) is 0.255. The third-order valence-electron chi connectivity index (χ3n) is 10.1. The summed E-state index contributed by atoms with van der Waals surface area (Å²) in [5.74, 6) is 0.762. The Morgan fingerprint density at radius 2 is 1.63 bits per heavy atom. The maximum atomic E-state index is 13.7. The molecule has 4 N–H and O–H groups in total. The SMILES string of the molecule is CC(C)(C)NC(=O)[C@H]1CC[C@H]2CCCC[C@H]2N1C[C@@H]1C[C@H](c2ccc(CO)cc2)O[C@H](c2ccc(-c3ccccc3CN)cc2)O1. The second kappa shape index (κ2) is 14.4. The van der Waals surface area contributed by atoms with Crippen molar-refractivity contribution in [2.45, 2.75) is 115 Å². The van der Waals surface area contributed by atoms with E-state index in [1.54, 1.807) is 0 Å². The summed E-state index contributed by atoms with van der Waals surface area (Å²) < 4.78 is 13.5. The van der Waals surface area contributed by atoms with Gasteiger partial charge < -0.3 is 25.6 Å². The minimum absolute atomic E-state index is 0.00926. The molecule has 6 rings (SSSR count). The van der Waals surface area contributed by atoms with Gasteiger partial charge in [0.1, 0.15) is 0 Å². The van der Waals surface area contributed by atoms with Crippen LogP contribution in [0.1, 0.15) is 100 Å². The summed E-state index contributed by atoms with van der Waals surface area (Å²) in [5.41, 5.74) is 12.0. The second-order valence-corrected chi connectivity index (χ2v) is 14.5. The van der Waals surface area contributed by atoms with Crippen LogP contribution in [-0.4, -0.2) is 46.2 Å². The van der Waals surface area contributed by atoms with E-state index >= 15 is 0 Å². The number of amides is 1. The van der Waals surface area contributed by atoms with Crippen LogP contribution in [-0.2, 0) is 27.4 Å². The number of hydrogen-bond donors (Lipinski definition) is 3. The molecule has 3 aromatic rings. The number of nitrogens with one attached hydrogen (secondary N) is 1. The van der Waals surface area contributed by atoms with Crippen LogP contribution in [0.25, 0.3) is 11.1 Å². The number of carbonyl (C=O) groups excluding carboxylic acids is 1. The lowest BCUT2D eigenvalue weighted by atomic mass is 9.75. The van der Waals surface area contributed by atoms with E-state index in [4.69, 9.17) is 15.2 Å². The van der Waals surface area contributed by atoms with Gasteiger partial charge in [-0.1, -0.05) is 85.6 Å². The lowest BCUT2D eigenvalue weighted by Crippen LogP contribution is -2.61. The van der Waals surface area contributed by atoms with Crippen LogP contribution in [0.15, 0.2) is 72.8 Å². The summed E-state index contributed by atoms with van der Waals surface area (Å²) in [4.78, 5) is 16.2. The van der Waals surface area contributed by atoms with E-state index in [2.05, 4.69) is 79.5 Å². The van der Waals surface area contributed by atoms with Crippen molar-refractivity contribution in [3.8, 4) is 11.1 Å². The highest BCUT2D eigenvalue weighted by molar-refractivity contribution is 5.82. The van der Waals surface area contributed by atoms with E-state index in [-0.39, 0.29) is 36.3 Å². The number of piperidine rings is 1. The molecule has 0 bridgehead atoms. The van der Waals surface area contributed by atoms with E-state index in [1.165, 1.54) is 19.3 Å². The van der Waals surface area contributed by atoms with Crippen molar-refractivity contribution in [3.63, 3.8) is 0 Å². The van der Waals surface area contributed by atoms with Gasteiger partial charge in [-0.15, -0.1) is 0 Å². The maximum Gasteiger partial charge on any atom is 0.237 e. The van der Waals surface area contributed by atoms with Gasteiger partial charge in [0.25, 0.3) is 0 Å². The van der Waals surface area contributed by atoms with Gasteiger partial charge in [0.05, 0.1) is 24.9 Å². The number of nitrogens with two attached hydrogens (primary N) is 1. The lowest BCUT2D eigenvalue weighted by Gasteiger charge is -2.50. The molecule has 0 spiro atoms. The van der Waals surface area contributed by atoms with Crippen LogP contribution in [0, 0.1) is 5.92 Å². The van der Waals surface area contributed by atoms with Gasteiger partial charge in [-0.25, -0.2) is 0 Å². The van der Waals surface area contributed by atoms with E-state index in [0.717, 1.165) is 52.6 Å². The first-order valence-corrected chi connectivity index (χ1v) is 17.2. The highest BCUT2D eigenvalue weighted by Gasteiger charge is 2.44. The molecule has 1 saturated carbocycles. The Balaban J connectivity index is 1.28. The first-order chi connectivity index (χ1) is 22.2. The Bertz CT molecular complexity index is 1450. The fraction of sp³-hybridized carbons (Fsp3) is 0.513. The van der Waals surface area contributed by atoms with Gasteiger partial charge >= 0.3 is 0 Å². The van der Waals surface area contributed by atoms with E-state index in [9.17, 15) is 9.90 Å². The summed E-state index contributed by atoms with van der Waals surface area (Å²) >= 11 is 0. The standard InChI is InChI=1S/C39H51N3O4/c1-39(2,3)41-37(44)35-21-20-28-8-5-7-11-34(28)42(35)24-32-22-36(29-14-12-26(25-43)13-15-29)46-38(45-32)30-18-16-27(17-19-30)33-10-6-4-9-31(33)23-40/h4,6,9-10,12-19,28,32,34-36,38,43H,5,7-8,11,20-25,40H2,1-3H3,(H,41,44)/t28-,32+,34-,35-,36-,38-/m1/s1.